The summed E-state index contributed by atoms with van der Waals surface area (Å²) < 4.78 is 7.73. The molecule has 1 aromatic carbocycles. The van der Waals surface area contributed by atoms with Gasteiger partial charge in [-0.05, 0) is 43.5 Å². The largest absolute Gasteiger partial charge is 0.414 e. The molecule has 7 heteroatoms. The zero-order valence-electron chi connectivity index (χ0n) is 16.1. The molecule has 0 saturated heterocycles. The Labute approximate surface area is 168 Å². The standard InChI is InChI=1S/C21H21N5OS/c1-14-15(2)25-26(16(14)3)12-20-23-24-21(27-20)28-13-18-7-4-5-9-19(18)17-8-6-10-22-11-17/h4-11H,12-13H2,1-3H3. The smallest absolute Gasteiger partial charge is 0.276 e. The van der Waals surface area contributed by atoms with Crippen molar-refractivity contribution in [2.75, 3.05) is 0 Å². The average molecular weight is 392 g/mol. The number of hydrogen-bond acceptors (Lipinski definition) is 6. The Morgan fingerprint density at radius 2 is 1.89 bits per heavy atom. The fourth-order valence-electron chi connectivity index (χ4n) is 3.02. The molecule has 0 amide bonds. The van der Waals surface area contributed by atoms with Gasteiger partial charge in [0.1, 0.15) is 6.54 Å². The van der Waals surface area contributed by atoms with E-state index < -0.39 is 0 Å². The van der Waals surface area contributed by atoms with Gasteiger partial charge in [-0.15, -0.1) is 10.2 Å². The Bertz CT molecular complexity index is 1090. The molecule has 0 spiro atoms. The van der Waals surface area contributed by atoms with Crippen molar-refractivity contribution in [3.05, 3.63) is 77.2 Å². The third-order valence-electron chi connectivity index (χ3n) is 4.82. The number of hydrogen-bond donors (Lipinski definition) is 0. The summed E-state index contributed by atoms with van der Waals surface area (Å²) >= 11 is 1.54. The molecule has 0 aliphatic rings. The molecule has 0 aliphatic heterocycles. The molecular formula is C21H21N5OS. The van der Waals surface area contributed by atoms with Crippen molar-refractivity contribution in [3.8, 4) is 11.1 Å². The minimum absolute atomic E-state index is 0.486. The molecule has 0 fully saturated rings. The average Bonchev–Trinajstić information content (AvgIpc) is 3.27. The molecule has 0 unspecified atom stereocenters. The number of aromatic nitrogens is 5. The summed E-state index contributed by atoms with van der Waals surface area (Å²) in [6.07, 6.45) is 3.66. The molecule has 28 heavy (non-hydrogen) atoms. The van der Waals surface area contributed by atoms with Crippen LogP contribution in [0, 0.1) is 20.8 Å². The summed E-state index contributed by atoms with van der Waals surface area (Å²) in [5.41, 5.74) is 6.82. The van der Waals surface area contributed by atoms with E-state index in [-0.39, 0.29) is 0 Å². The highest BCUT2D eigenvalue weighted by molar-refractivity contribution is 7.98. The molecule has 0 aliphatic carbocycles. The lowest BCUT2D eigenvalue weighted by molar-refractivity contribution is 0.396. The highest BCUT2D eigenvalue weighted by atomic mass is 32.2. The molecule has 0 radical (unpaired) electrons. The van der Waals surface area contributed by atoms with Crippen LogP contribution in [0.3, 0.4) is 0 Å². The number of rotatable bonds is 6. The highest BCUT2D eigenvalue weighted by Gasteiger charge is 2.13. The van der Waals surface area contributed by atoms with Crippen LogP contribution in [0.25, 0.3) is 11.1 Å². The molecule has 3 heterocycles. The summed E-state index contributed by atoms with van der Waals surface area (Å²) in [4.78, 5) is 4.22. The van der Waals surface area contributed by atoms with Gasteiger partial charge in [0, 0.05) is 29.4 Å². The first kappa shape index (κ1) is 18.4. The molecule has 4 aromatic rings. The van der Waals surface area contributed by atoms with Gasteiger partial charge in [-0.3, -0.25) is 9.67 Å². The van der Waals surface area contributed by atoms with Crippen LogP contribution in [-0.4, -0.2) is 25.0 Å². The minimum Gasteiger partial charge on any atom is -0.414 e. The third-order valence-corrected chi connectivity index (χ3v) is 5.68. The van der Waals surface area contributed by atoms with Crippen LogP contribution in [-0.2, 0) is 12.3 Å². The number of benzene rings is 1. The van der Waals surface area contributed by atoms with Gasteiger partial charge in [-0.25, -0.2) is 0 Å². The molecule has 142 valence electrons. The van der Waals surface area contributed by atoms with Gasteiger partial charge >= 0.3 is 0 Å². The van der Waals surface area contributed by atoms with E-state index in [1.165, 1.54) is 28.5 Å². The zero-order chi connectivity index (χ0) is 19.5. The minimum atomic E-state index is 0.486. The fraction of sp³-hybridized carbons (Fsp3) is 0.238. The van der Waals surface area contributed by atoms with Crippen molar-refractivity contribution in [1.29, 1.82) is 0 Å². The van der Waals surface area contributed by atoms with E-state index in [1.807, 2.05) is 36.0 Å². The van der Waals surface area contributed by atoms with Gasteiger partial charge in [0.05, 0.1) is 5.69 Å². The molecule has 4 rings (SSSR count). The van der Waals surface area contributed by atoms with E-state index in [0.717, 1.165) is 22.7 Å². The summed E-state index contributed by atoms with van der Waals surface area (Å²) in [7, 11) is 0. The van der Waals surface area contributed by atoms with E-state index in [2.05, 4.69) is 52.3 Å². The van der Waals surface area contributed by atoms with Crippen LogP contribution in [0.15, 0.2) is 58.4 Å². The summed E-state index contributed by atoms with van der Waals surface area (Å²) in [5.74, 6) is 1.31. The highest BCUT2D eigenvalue weighted by Crippen LogP contribution is 2.29. The van der Waals surface area contributed by atoms with Crippen LogP contribution >= 0.6 is 11.8 Å². The van der Waals surface area contributed by atoms with Crippen molar-refractivity contribution in [2.24, 2.45) is 0 Å². The molecule has 3 aromatic heterocycles. The maximum atomic E-state index is 5.83. The number of nitrogens with zero attached hydrogens (tertiary/aromatic N) is 5. The normalized spacial score (nSPS) is 11.1. The first-order valence-electron chi connectivity index (χ1n) is 9.06. The van der Waals surface area contributed by atoms with Gasteiger partial charge in [0.25, 0.3) is 5.22 Å². The third kappa shape index (κ3) is 3.84. The Balaban J connectivity index is 1.46. The van der Waals surface area contributed by atoms with E-state index in [1.54, 1.807) is 6.20 Å². The first-order chi connectivity index (χ1) is 13.6. The van der Waals surface area contributed by atoms with E-state index >= 15 is 0 Å². The summed E-state index contributed by atoms with van der Waals surface area (Å²) in [6, 6.07) is 12.3. The molecule has 0 saturated carbocycles. The van der Waals surface area contributed by atoms with Crippen LogP contribution in [0.5, 0.6) is 0 Å². The van der Waals surface area contributed by atoms with Crippen LogP contribution < -0.4 is 0 Å². The molecular weight excluding hydrogens is 370 g/mol. The second-order valence-corrected chi connectivity index (χ2v) is 7.53. The maximum absolute atomic E-state index is 5.83. The fourth-order valence-corrected chi connectivity index (χ4v) is 3.80. The summed E-state index contributed by atoms with van der Waals surface area (Å²) in [6.45, 7) is 6.62. The van der Waals surface area contributed by atoms with Crippen LogP contribution in [0.2, 0.25) is 0 Å². The van der Waals surface area contributed by atoms with Crippen molar-refractivity contribution in [2.45, 2.75) is 38.3 Å². The second-order valence-electron chi connectivity index (χ2n) is 6.60. The Hall–Kier alpha value is -2.93. The quantitative estimate of drug-likeness (QED) is 0.448. The van der Waals surface area contributed by atoms with Crippen molar-refractivity contribution < 1.29 is 4.42 Å². The first-order valence-corrected chi connectivity index (χ1v) is 10.0. The topological polar surface area (TPSA) is 69.6 Å². The van der Waals surface area contributed by atoms with Gasteiger partial charge in [0.15, 0.2) is 0 Å². The number of aryl methyl sites for hydroxylation is 1. The van der Waals surface area contributed by atoms with E-state index in [4.69, 9.17) is 4.42 Å². The van der Waals surface area contributed by atoms with Crippen molar-refractivity contribution in [3.63, 3.8) is 0 Å². The monoisotopic (exact) mass is 391 g/mol. The maximum Gasteiger partial charge on any atom is 0.276 e. The predicted octanol–water partition coefficient (Wildman–Crippen LogP) is 4.59. The van der Waals surface area contributed by atoms with Crippen LogP contribution in [0.4, 0.5) is 0 Å². The van der Waals surface area contributed by atoms with Gasteiger partial charge in [-0.1, -0.05) is 42.1 Å². The van der Waals surface area contributed by atoms with E-state index in [9.17, 15) is 0 Å². The van der Waals surface area contributed by atoms with E-state index in [0.29, 0.717) is 17.7 Å². The number of thioether (sulfide) groups is 1. The lowest BCUT2D eigenvalue weighted by Crippen LogP contribution is -2.04. The van der Waals surface area contributed by atoms with Gasteiger partial charge in [-0.2, -0.15) is 5.10 Å². The second kappa shape index (κ2) is 7.98. The Morgan fingerprint density at radius 1 is 1.04 bits per heavy atom. The van der Waals surface area contributed by atoms with Crippen molar-refractivity contribution >= 4 is 11.8 Å². The molecule has 0 atom stereocenters. The van der Waals surface area contributed by atoms with Crippen molar-refractivity contribution in [1.82, 2.24) is 25.0 Å². The Morgan fingerprint density at radius 3 is 2.64 bits per heavy atom. The SMILES string of the molecule is Cc1nn(Cc2nnc(SCc3ccccc3-c3cccnc3)o2)c(C)c1C. The lowest BCUT2D eigenvalue weighted by atomic mass is 10.0. The molecule has 0 bridgehead atoms. The van der Waals surface area contributed by atoms with Gasteiger partial charge in [0.2, 0.25) is 5.89 Å². The lowest BCUT2D eigenvalue weighted by Gasteiger charge is -2.07. The number of pyridine rings is 1. The zero-order valence-corrected chi connectivity index (χ0v) is 16.9. The predicted molar refractivity (Wildman–Crippen MR) is 109 cm³/mol. The van der Waals surface area contributed by atoms with Crippen LogP contribution in [0.1, 0.15) is 28.4 Å². The molecule has 6 nitrogen and oxygen atoms in total. The van der Waals surface area contributed by atoms with Gasteiger partial charge < -0.3 is 4.42 Å². The molecule has 0 N–H and O–H groups in total. The Kier molecular flexibility index (Phi) is 5.25. The summed E-state index contributed by atoms with van der Waals surface area (Å²) in [5, 5.41) is 13.5.